The molecule has 132 valence electrons. The van der Waals surface area contributed by atoms with Gasteiger partial charge in [0.15, 0.2) is 0 Å². The van der Waals surface area contributed by atoms with Gasteiger partial charge < -0.3 is 10.0 Å². The predicted octanol–water partition coefficient (Wildman–Crippen LogP) is 1.74. The highest BCUT2D eigenvalue weighted by Crippen LogP contribution is 2.43. The molecule has 25 heavy (non-hydrogen) atoms. The minimum atomic E-state index is -0.711. The van der Waals surface area contributed by atoms with E-state index in [0.717, 1.165) is 31.1 Å². The van der Waals surface area contributed by atoms with E-state index in [1.165, 1.54) is 0 Å². The quantitative estimate of drug-likeness (QED) is 0.890. The fourth-order valence-corrected chi connectivity index (χ4v) is 4.79. The maximum absolute atomic E-state index is 12.2. The Kier molecular flexibility index (Phi) is 4.39. The summed E-state index contributed by atoms with van der Waals surface area (Å²) in [5.41, 5.74) is -0.711. The van der Waals surface area contributed by atoms with Gasteiger partial charge in [0.05, 0.1) is 12.0 Å². The van der Waals surface area contributed by atoms with E-state index in [4.69, 9.17) is 0 Å². The first-order valence-corrected chi connectivity index (χ1v) is 9.41. The number of aromatic nitrogens is 3. The van der Waals surface area contributed by atoms with Gasteiger partial charge in [-0.2, -0.15) is 0 Å². The smallest absolute Gasteiger partial charge is 0.311 e. The molecule has 1 N–H and O–H groups in total. The van der Waals surface area contributed by atoms with Crippen molar-refractivity contribution in [1.29, 1.82) is 0 Å². The molecule has 0 bridgehead atoms. The number of hydrogen-bond acceptors (Lipinski definition) is 7. The number of anilines is 1. The molecule has 7 nitrogen and oxygen atoms in total. The minimum Gasteiger partial charge on any atom is -0.481 e. The second kappa shape index (κ2) is 6.68. The number of carboxylic acid groups (broad SMARTS) is 1. The van der Waals surface area contributed by atoms with Crippen molar-refractivity contribution in [3.8, 4) is 0 Å². The molecule has 0 aliphatic carbocycles. The van der Waals surface area contributed by atoms with Gasteiger partial charge in [0.25, 0.3) is 0 Å². The third-order valence-corrected chi connectivity index (χ3v) is 6.14. The minimum absolute atomic E-state index is 0.0660. The number of likely N-dealkylation sites (tertiary alicyclic amines) is 1. The average molecular weight is 359 g/mol. The number of carbonyl (C=O) groups is 1. The van der Waals surface area contributed by atoms with E-state index in [0.29, 0.717) is 25.5 Å². The van der Waals surface area contributed by atoms with Gasteiger partial charge in [-0.05, 0) is 25.5 Å². The van der Waals surface area contributed by atoms with Gasteiger partial charge in [-0.15, -0.1) is 11.3 Å². The van der Waals surface area contributed by atoms with Crippen LogP contribution in [0.4, 0.5) is 5.95 Å². The van der Waals surface area contributed by atoms with Crippen LogP contribution in [0.3, 0.4) is 0 Å². The molecule has 2 aliphatic rings. The van der Waals surface area contributed by atoms with Gasteiger partial charge in [0, 0.05) is 49.5 Å². The number of nitrogens with zero attached hydrogens (tertiary/aromatic N) is 5. The zero-order chi connectivity index (χ0) is 17.3. The Balaban J connectivity index is 1.56. The fraction of sp³-hybridized carbons (Fsp3) is 0.529. The lowest BCUT2D eigenvalue weighted by Gasteiger charge is -2.29. The molecule has 2 saturated heterocycles. The highest BCUT2D eigenvalue weighted by molar-refractivity contribution is 7.09. The Labute approximate surface area is 150 Å². The van der Waals surface area contributed by atoms with Crippen molar-refractivity contribution in [3.05, 3.63) is 35.0 Å². The van der Waals surface area contributed by atoms with Gasteiger partial charge in [-0.3, -0.25) is 9.69 Å². The first-order valence-electron chi connectivity index (χ1n) is 8.53. The van der Waals surface area contributed by atoms with Crippen molar-refractivity contribution in [3.63, 3.8) is 0 Å². The second-order valence-electron chi connectivity index (χ2n) is 6.85. The maximum atomic E-state index is 12.2. The molecule has 4 rings (SSSR count). The SMILES string of the molecule is O=C(O)[C@]12CCCN(Cc3nccs3)C[C@H]1CN(c1ncccn1)C2. The topological polar surface area (TPSA) is 82.5 Å². The lowest BCUT2D eigenvalue weighted by Crippen LogP contribution is -2.41. The van der Waals surface area contributed by atoms with Crippen LogP contribution in [0, 0.1) is 11.3 Å². The van der Waals surface area contributed by atoms with E-state index < -0.39 is 11.4 Å². The molecule has 0 radical (unpaired) electrons. The summed E-state index contributed by atoms with van der Waals surface area (Å²) in [6.45, 7) is 3.67. The lowest BCUT2D eigenvalue weighted by atomic mass is 9.75. The van der Waals surface area contributed by atoms with Gasteiger partial charge in [-0.1, -0.05) is 0 Å². The van der Waals surface area contributed by atoms with Crippen molar-refractivity contribution >= 4 is 23.3 Å². The summed E-state index contributed by atoms with van der Waals surface area (Å²) in [5, 5.41) is 13.1. The van der Waals surface area contributed by atoms with Gasteiger partial charge in [0.2, 0.25) is 5.95 Å². The summed E-state index contributed by atoms with van der Waals surface area (Å²) < 4.78 is 0. The van der Waals surface area contributed by atoms with E-state index in [9.17, 15) is 9.90 Å². The van der Waals surface area contributed by atoms with Crippen molar-refractivity contribution < 1.29 is 9.90 Å². The van der Waals surface area contributed by atoms with Crippen molar-refractivity contribution in [2.45, 2.75) is 19.4 Å². The van der Waals surface area contributed by atoms with Gasteiger partial charge >= 0.3 is 5.97 Å². The molecule has 0 spiro atoms. The predicted molar refractivity (Wildman–Crippen MR) is 94.4 cm³/mol. The summed E-state index contributed by atoms with van der Waals surface area (Å²) >= 11 is 1.65. The van der Waals surface area contributed by atoms with Crippen molar-refractivity contribution in [2.75, 3.05) is 31.1 Å². The molecule has 0 saturated carbocycles. The molecule has 8 heteroatoms. The van der Waals surface area contributed by atoms with E-state index in [1.54, 1.807) is 29.8 Å². The van der Waals surface area contributed by atoms with E-state index in [2.05, 4.69) is 19.9 Å². The molecule has 0 aromatic carbocycles. The number of aliphatic carboxylic acids is 1. The van der Waals surface area contributed by atoms with E-state index in [-0.39, 0.29) is 5.92 Å². The van der Waals surface area contributed by atoms with Crippen molar-refractivity contribution in [1.82, 2.24) is 19.9 Å². The molecule has 0 unspecified atom stereocenters. The Morgan fingerprint density at radius 2 is 2.12 bits per heavy atom. The Morgan fingerprint density at radius 1 is 1.28 bits per heavy atom. The first-order chi connectivity index (χ1) is 12.2. The Bertz CT molecular complexity index is 726. The summed E-state index contributed by atoms with van der Waals surface area (Å²) in [4.78, 5) is 29.6. The monoisotopic (exact) mass is 359 g/mol. The third-order valence-electron chi connectivity index (χ3n) is 5.37. The molecule has 0 amide bonds. The molecule has 2 fully saturated rings. The molecule has 2 aromatic rings. The van der Waals surface area contributed by atoms with Crippen LogP contribution in [-0.2, 0) is 11.3 Å². The highest BCUT2D eigenvalue weighted by atomic mass is 32.1. The number of rotatable bonds is 4. The molecular weight excluding hydrogens is 338 g/mol. The lowest BCUT2D eigenvalue weighted by molar-refractivity contribution is -0.150. The van der Waals surface area contributed by atoms with Gasteiger partial charge in [0.1, 0.15) is 5.01 Å². The third kappa shape index (κ3) is 3.11. The van der Waals surface area contributed by atoms with Gasteiger partial charge in [-0.25, -0.2) is 15.0 Å². The van der Waals surface area contributed by atoms with Crippen LogP contribution < -0.4 is 4.90 Å². The van der Waals surface area contributed by atoms with Crippen LogP contribution in [0.1, 0.15) is 17.8 Å². The van der Waals surface area contributed by atoms with E-state index >= 15 is 0 Å². The molecule has 2 aromatic heterocycles. The summed E-state index contributed by atoms with van der Waals surface area (Å²) in [6, 6.07) is 1.78. The van der Waals surface area contributed by atoms with Crippen LogP contribution in [0.2, 0.25) is 0 Å². The van der Waals surface area contributed by atoms with Crippen LogP contribution in [-0.4, -0.2) is 57.1 Å². The van der Waals surface area contributed by atoms with Crippen LogP contribution >= 0.6 is 11.3 Å². The number of fused-ring (bicyclic) bond motifs is 1. The van der Waals surface area contributed by atoms with Crippen molar-refractivity contribution in [2.24, 2.45) is 11.3 Å². The maximum Gasteiger partial charge on any atom is 0.311 e. The highest BCUT2D eigenvalue weighted by Gasteiger charge is 2.53. The van der Waals surface area contributed by atoms with Crippen LogP contribution in [0.15, 0.2) is 30.0 Å². The second-order valence-corrected chi connectivity index (χ2v) is 7.83. The fourth-order valence-electron chi connectivity index (χ4n) is 4.13. The summed E-state index contributed by atoms with van der Waals surface area (Å²) in [6.07, 6.45) is 6.82. The average Bonchev–Trinajstić information content (AvgIpc) is 3.21. The summed E-state index contributed by atoms with van der Waals surface area (Å²) in [7, 11) is 0. The number of hydrogen-bond donors (Lipinski definition) is 1. The van der Waals surface area contributed by atoms with Crippen LogP contribution in [0.5, 0.6) is 0 Å². The number of carboxylic acids is 1. The Morgan fingerprint density at radius 3 is 2.84 bits per heavy atom. The zero-order valence-corrected chi connectivity index (χ0v) is 14.7. The summed E-state index contributed by atoms with van der Waals surface area (Å²) in [5.74, 6) is 0.00553. The van der Waals surface area contributed by atoms with E-state index in [1.807, 2.05) is 16.5 Å². The standard InChI is InChI=1S/C17H21N5O2S/c23-15(24)17-3-1-7-21(11-14-18-6-8-25-14)9-13(17)10-22(12-17)16-19-4-2-5-20-16/h2,4-6,8,13H,1,3,7,9-12H2,(H,23,24)/t13-,17-/m0/s1. The molecular formula is C17H21N5O2S. The molecule has 2 atom stereocenters. The molecule has 2 aliphatic heterocycles. The number of thiazole rings is 1. The van der Waals surface area contributed by atoms with Crippen LogP contribution in [0.25, 0.3) is 0 Å². The zero-order valence-electron chi connectivity index (χ0n) is 13.9. The normalized spacial score (nSPS) is 27.0. The first kappa shape index (κ1) is 16.4. The molecule has 4 heterocycles. The largest absolute Gasteiger partial charge is 0.481 e. The Hall–Kier alpha value is -2.06.